The van der Waals surface area contributed by atoms with E-state index >= 15 is 0 Å². The fraction of sp³-hybridized carbons (Fsp3) is 0.176. The van der Waals surface area contributed by atoms with Crippen LogP contribution in [0.3, 0.4) is 0 Å². The van der Waals surface area contributed by atoms with Crippen LogP contribution in [-0.4, -0.2) is 12.1 Å². The molecule has 2 aromatic carbocycles. The Hall–Kier alpha value is -2.06. The quantitative estimate of drug-likeness (QED) is 0.801. The minimum Gasteiger partial charge on any atom is -0.405 e. The molecule has 1 aliphatic rings. The Morgan fingerprint density at radius 1 is 0.947 bits per heavy atom. The van der Waals surface area contributed by atoms with Crippen molar-refractivity contribution in [3.63, 3.8) is 0 Å². The summed E-state index contributed by atoms with van der Waals surface area (Å²) in [6.07, 6.45) is 2.17. The van der Waals surface area contributed by atoms with Crippen LogP contribution in [0.15, 0.2) is 60.7 Å². The van der Waals surface area contributed by atoms with Crippen molar-refractivity contribution in [2.45, 2.75) is 13.0 Å². The van der Waals surface area contributed by atoms with E-state index < -0.39 is 0 Å². The molecule has 1 unspecified atom stereocenters. The molecular weight excluding hydrogens is 234 g/mol. The van der Waals surface area contributed by atoms with E-state index in [1.54, 1.807) is 0 Å². The van der Waals surface area contributed by atoms with E-state index in [9.17, 15) is 0 Å². The molecule has 0 bridgehead atoms. The monoisotopic (exact) mass is 251 g/mol. The maximum Gasteiger partial charge on any atom is 0.152 e. The zero-order valence-electron chi connectivity index (χ0n) is 11.2. The van der Waals surface area contributed by atoms with Gasteiger partial charge in [0.25, 0.3) is 0 Å². The molecule has 1 aliphatic heterocycles. The fourth-order valence-electron chi connectivity index (χ4n) is 2.31. The number of hydrogen-bond donors (Lipinski definition) is 0. The van der Waals surface area contributed by atoms with Crippen molar-refractivity contribution in [3.05, 3.63) is 77.4 Å². The number of hydroxylamine groups is 2. The van der Waals surface area contributed by atoms with Gasteiger partial charge in [0.1, 0.15) is 0 Å². The predicted molar refractivity (Wildman–Crippen MR) is 77.2 cm³/mol. The zero-order valence-corrected chi connectivity index (χ0v) is 11.2. The Bertz CT molecular complexity index is 586. The highest BCUT2D eigenvalue weighted by atomic mass is 16.7. The summed E-state index contributed by atoms with van der Waals surface area (Å²) >= 11 is 0. The van der Waals surface area contributed by atoms with Crippen molar-refractivity contribution in [3.8, 4) is 0 Å². The van der Waals surface area contributed by atoms with Crippen molar-refractivity contribution in [2.24, 2.45) is 0 Å². The van der Waals surface area contributed by atoms with Gasteiger partial charge in [0, 0.05) is 12.6 Å². The molecule has 0 amide bonds. The van der Waals surface area contributed by atoms with Crippen LogP contribution in [0.4, 0.5) is 0 Å². The van der Waals surface area contributed by atoms with E-state index in [1.807, 2.05) is 18.2 Å². The molecule has 0 aliphatic carbocycles. The van der Waals surface area contributed by atoms with Crippen molar-refractivity contribution in [2.75, 3.05) is 7.05 Å². The molecule has 0 spiro atoms. The zero-order chi connectivity index (χ0) is 13.2. The molecule has 1 heterocycles. The third-order valence-electron chi connectivity index (χ3n) is 3.42. The minimum atomic E-state index is 0.178. The van der Waals surface area contributed by atoms with Crippen molar-refractivity contribution >= 4 is 5.76 Å². The smallest absolute Gasteiger partial charge is 0.152 e. The summed E-state index contributed by atoms with van der Waals surface area (Å²) in [5.74, 6) is 0.927. The standard InChI is InChI=1S/C17H17NO/c1-13-8-10-15(11-9-13)17-12-16(18(2)19-17)14-6-4-3-5-7-14/h3-12,16H,1-2H3. The third-order valence-corrected chi connectivity index (χ3v) is 3.42. The Morgan fingerprint density at radius 2 is 1.63 bits per heavy atom. The molecule has 0 N–H and O–H groups in total. The number of hydrogen-bond acceptors (Lipinski definition) is 2. The fourth-order valence-corrected chi connectivity index (χ4v) is 2.31. The molecule has 0 fully saturated rings. The predicted octanol–water partition coefficient (Wildman–Crippen LogP) is 3.95. The second kappa shape index (κ2) is 4.90. The molecule has 0 saturated heterocycles. The molecule has 0 aromatic heterocycles. The summed E-state index contributed by atoms with van der Waals surface area (Å²) in [7, 11) is 1.97. The molecule has 2 nitrogen and oxygen atoms in total. The maximum absolute atomic E-state index is 5.85. The molecule has 3 rings (SSSR count). The van der Waals surface area contributed by atoms with E-state index in [0.717, 1.165) is 11.3 Å². The van der Waals surface area contributed by atoms with Crippen LogP contribution in [0.5, 0.6) is 0 Å². The maximum atomic E-state index is 5.85. The third kappa shape index (κ3) is 2.40. The van der Waals surface area contributed by atoms with Crippen LogP contribution in [0.25, 0.3) is 5.76 Å². The second-order valence-electron chi connectivity index (χ2n) is 4.89. The van der Waals surface area contributed by atoms with E-state index in [-0.39, 0.29) is 6.04 Å². The minimum absolute atomic E-state index is 0.178. The van der Waals surface area contributed by atoms with Gasteiger partial charge in [0.2, 0.25) is 0 Å². The Labute approximate surface area is 113 Å². The van der Waals surface area contributed by atoms with Crippen LogP contribution >= 0.6 is 0 Å². The SMILES string of the molecule is Cc1ccc(C2=CC(c3ccccc3)N(C)O2)cc1. The van der Waals surface area contributed by atoms with E-state index in [1.165, 1.54) is 11.1 Å². The first-order valence-corrected chi connectivity index (χ1v) is 6.48. The molecule has 2 heteroatoms. The van der Waals surface area contributed by atoms with Crippen molar-refractivity contribution < 1.29 is 4.84 Å². The van der Waals surface area contributed by atoms with E-state index in [0.29, 0.717) is 0 Å². The highest BCUT2D eigenvalue weighted by molar-refractivity contribution is 5.62. The van der Waals surface area contributed by atoms with Crippen LogP contribution in [-0.2, 0) is 4.84 Å². The number of aryl methyl sites for hydroxylation is 1. The van der Waals surface area contributed by atoms with Crippen LogP contribution in [0, 0.1) is 6.92 Å². The molecular formula is C17H17NO. The van der Waals surface area contributed by atoms with Gasteiger partial charge in [-0.3, -0.25) is 0 Å². The molecule has 0 saturated carbocycles. The van der Waals surface area contributed by atoms with Gasteiger partial charge in [0.15, 0.2) is 5.76 Å². The first-order chi connectivity index (χ1) is 9.24. The summed E-state index contributed by atoms with van der Waals surface area (Å²) in [5.41, 5.74) is 3.62. The van der Waals surface area contributed by atoms with E-state index in [4.69, 9.17) is 4.84 Å². The number of rotatable bonds is 2. The van der Waals surface area contributed by atoms with Gasteiger partial charge in [-0.2, -0.15) is 0 Å². The lowest BCUT2D eigenvalue weighted by molar-refractivity contribution is -0.0663. The molecule has 1 atom stereocenters. The van der Waals surface area contributed by atoms with Gasteiger partial charge in [-0.05, 0) is 18.6 Å². The van der Waals surface area contributed by atoms with Crippen LogP contribution in [0.1, 0.15) is 22.7 Å². The van der Waals surface area contributed by atoms with Gasteiger partial charge in [-0.25, -0.2) is 0 Å². The van der Waals surface area contributed by atoms with Crippen LogP contribution < -0.4 is 0 Å². The summed E-state index contributed by atoms with van der Waals surface area (Å²) in [4.78, 5) is 5.85. The van der Waals surface area contributed by atoms with Gasteiger partial charge >= 0.3 is 0 Å². The van der Waals surface area contributed by atoms with Crippen molar-refractivity contribution in [1.82, 2.24) is 5.06 Å². The molecule has 19 heavy (non-hydrogen) atoms. The van der Waals surface area contributed by atoms with Gasteiger partial charge in [0.05, 0.1) is 6.04 Å². The summed E-state index contributed by atoms with van der Waals surface area (Å²) in [6.45, 7) is 2.09. The Balaban J connectivity index is 1.91. The lowest BCUT2D eigenvalue weighted by Gasteiger charge is -2.18. The van der Waals surface area contributed by atoms with E-state index in [2.05, 4.69) is 61.5 Å². The first kappa shape index (κ1) is 12.0. The first-order valence-electron chi connectivity index (χ1n) is 6.48. The lowest BCUT2D eigenvalue weighted by atomic mass is 10.0. The number of nitrogens with zero attached hydrogens (tertiary/aromatic N) is 1. The average Bonchev–Trinajstić information content (AvgIpc) is 2.83. The second-order valence-corrected chi connectivity index (χ2v) is 4.89. The van der Waals surface area contributed by atoms with Gasteiger partial charge < -0.3 is 4.84 Å². The van der Waals surface area contributed by atoms with Crippen LogP contribution in [0.2, 0.25) is 0 Å². The normalized spacial score (nSPS) is 19.1. The highest BCUT2D eigenvalue weighted by Gasteiger charge is 2.25. The van der Waals surface area contributed by atoms with Gasteiger partial charge in [-0.15, -0.1) is 5.06 Å². The van der Waals surface area contributed by atoms with Crippen molar-refractivity contribution in [1.29, 1.82) is 0 Å². The topological polar surface area (TPSA) is 12.5 Å². The highest BCUT2D eigenvalue weighted by Crippen LogP contribution is 2.34. The Morgan fingerprint density at radius 3 is 2.32 bits per heavy atom. The largest absolute Gasteiger partial charge is 0.405 e. The molecule has 2 aromatic rings. The molecule has 0 radical (unpaired) electrons. The average molecular weight is 251 g/mol. The number of benzene rings is 2. The lowest BCUT2D eigenvalue weighted by Crippen LogP contribution is -2.16. The van der Waals surface area contributed by atoms with Gasteiger partial charge in [-0.1, -0.05) is 60.2 Å². The summed E-state index contributed by atoms with van der Waals surface area (Å²) < 4.78 is 0. The number of likely N-dealkylation sites (N-methyl/N-ethyl adjacent to an activating group) is 1. The summed E-state index contributed by atoms with van der Waals surface area (Å²) in [6, 6.07) is 19.0. The summed E-state index contributed by atoms with van der Waals surface area (Å²) in [5, 5.41) is 1.89. The Kier molecular flexibility index (Phi) is 3.10. The molecule has 96 valence electrons.